The van der Waals surface area contributed by atoms with Crippen LogP contribution >= 0.6 is 0 Å². The van der Waals surface area contributed by atoms with E-state index in [9.17, 15) is 5.11 Å². The van der Waals surface area contributed by atoms with Gasteiger partial charge in [0.25, 0.3) is 0 Å². The Morgan fingerprint density at radius 1 is 1.10 bits per heavy atom. The van der Waals surface area contributed by atoms with Crippen LogP contribution in [0.3, 0.4) is 0 Å². The molecule has 21 heavy (non-hydrogen) atoms. The first kappa shape index (κ1) is 16.5. The summed E-state index contributed by atoms with van der Waals surface area (Å²) in [4.78, 5) is 2.52. The molecule has 0 aromatic heterocycles. The van der Waals surface area contributed by atoms with Gasteiger partial charge >= 0.3 is 0 Å². The average molecular weight is 290 g/mol. The van der Waals surface area contributed by atoms with Crippen molar-refractivity contribution in [3.05, 3.63) is 35.9 Å². The van der Waals surface area contributed by atoms with Crippen molar-refractivity contribution >= 4 is 0 Å². The fourth-order valence-corrected chi connectivity index (χ4v) is 2.78. The minimum absolute atomic E-state index is 0.158. The Balaban J connectivity index is 2.06. The minimum atomic E-state index is -0.507. The molecule has 2 rings (SSSR count). The predicted molar refractivity (Wildman–Crippen MR) is 88.1 cm³/mol. The van der Waals surface area contributed by atoms with E-state index in [1.165, 1.54) is 37.9 Å². The van der Waals surface area contributed by atoms with Crippen LogP contribution in [0.25, 0.3) is 0 Å². The van der Waals surface area contributed by atoms with Gasteiger partial charge in [-0.2, -0.15) is 0 Å². The second-order valence-corrected chi connectivity index (χ2v) is 7.26. The highest BCUT2D eigenvalue weighted by atomic mass is 16.3. The highest BCUT2D eigenvalue weighted by Gasteiger charge is 2.26. The SMILES string of the molecule is CC(C)(C)C(O)N[C@@H](CN1CCCCC1)c1ccccc1. The lowest BCUT2D eigenvalue weighted by Gasteiger charge is -2.35. The fourth-order valence-electron chi connectivity index (χ4n) is 2.78. The minimum Gasteiger partial charge on any atom is -0.378 e. The summed E-state index contributed by atoms with van der Waals surface area (Å²) in [5.74, 6) is 0. The summed E-state index contributed by atoms with van der Waals surface area (Å²) >= 11 is 0. The van der Waals surface area contributed by atoms with Gasteiger partial charge in [-0.05, 0) is 31.5 Å². The lowest BCUT2D eigenvalue weighted by Crippen LogP contribution is -2.46. The number of hydrogen-bond donors (Lipinski definition) is 2. The second-order valence-electron chi connectivity index (χ2n) is 7.26. The van der Waals surface area contributed by atoms with E-state index in [-0.39, 0.29) is 11.5 Å². The molecule has 2 N–H and O–H groups in total. The van der Waals surface area contributed by atoms with Crippen LogP contribution in [0.2, 0.25) is 0 Å². The normalized spacial score (nSPS) is 20.2. The summed E-state index contributed by atoms with van der Waals surface area (Å²) in [6, 6.07) is 10.7. The van der Waals surface area contributed by atoms with Crippen LogP contribution < -0.4 is 5.32 Å². The first-order chi connectivity index (χ1) is 9.97. The Morgan fingerprint density at radius 3 is 2.29 bits per heavy atom. The van der Waals surface area contributed by atoms with E-state index < -0.39 is 6.23 Å². The van der Waals surface area contributed by atoms with E-state index in [4.69, 9.17) is 0 Å². The van der Waals surface area contributed by atoms with Gasteiger partial charge in [0.05, 0.1) is 0 Å². The molecule has 1 aromatic rings. The highest BCUT2D eigenvalue weighted by Crippen LogP contribution is 2.23. The number of nitrogens with one attached hydrogen (secondary N) is 1. The lowest BCUT2D eigenvalue weighted by molar-refractivity contribution is 0.0173. The number of aliphatic hydroxyl groups excluding tert-OH is 1. The number of piperidine rings is 1. The average Bonchev–Trinajstić information content (AvgIpc) is 2.47. The van der Waals surface area contributed by atoms with Crippen molar-refractivity contribution in [3.8, 4) is 0 Å². The number of aliphatic hydroxyl groups is 1. The fraction of sp³-hybridized carbons (Fsp3) is 0.667. The summed E-state index contributed by atoms with van der Waals surface area (Å²) in [7, 11) is 0. The summed E-state index contributed by atoms with van der Waals surface area (Å²) in [6.07, 6.45) is 3.43. The van der Waals surface area contributed by atoms with Crippen molar-refractivity contribution in [2.75, 3.05) is 19.6 Å². The van der Waals surface area contributed by atoms with Gasteiger partial charge in [0.15, 0.2) is 0 Å². The number of nitrogens with zero attached hydrogens (tertiary/aromatic N) is 1. The van der Waals surface area contributed by atoms with Crippen LogP contribution in [0, 0.1) is 5.41 Å². The monoisotopic (exact) mass is 290 g/mol. The van der Waals surface area contributed by atoms with Crippen LogP contribution in [-0.4, -0.2) is 35.9 Å². The second kappa shape index (κ2) is 7.39. The molecular weight excluding hydrogens is 260 g/mol. The summed E-state index contributed by atoms with van der Waals surface area (Å²) in [6.45, 7) is 9.51. The van der Waals surface area contributed by atoms with Gasteiger partial charge < -0.3 is 10.0 Å². The Kier molecular flexibility index (Phi) is 5.80. The van der Waals surface area contributed by atoms with Crippen molar-refractivity contribution < 1.29 is 5.11 Å². The molecule has 2 atom stereocenters. The van der Waals surface area contributed by atoms with Crippen LogP contribution in [0.1, 0.15) is 51.6 Å². The van der Waals surface area contributed by atoms with Crippen molar-refractivity contribution in [2.24, 2.45) is 5.41 Å². The molecule has 0 radical (unpaired) electrons. The third-order valence-electron chi connectivity index (χ3n) is 4.27. The summed E-state index contributed by atoms with van der Waals surface area (Å²) in [5, 5.41) is 13.9. The molecule has 3 heteroatoms. The molecule has 0 amide bonds. The van der Waals surface area contributed by atoms with E-state index >= 15 is 0 Å². The van der Waals surface area contributed by atoms with Crippen LogP contribution in [-0.2, 0) is 0 Å². The first-order valence-corrected chi connectivity index (χ1v) is 8.18. The predicted octanol–water partition coefficient (Wildman–Crippen LogP) is 3.17. The zero-order valence-electron chi connectivity index (χ0n) is 13.7. The molecule has 0 aliphatic carbocycles. The highest BCUT2D eigenvalue weighted by molar-refractivity contribution is 5.19. The Bertz CT molecular complexity index is 407. The first-order valence-electron chi connectivity index (χ1n) is 8.18. The Labute approximate surface area is 129 Å². The van der Waals surface area contributed by atoms with E-state index in [0.717, 1.165) is 6.54 Å². The van der Waals surface area contributed by atoms with E-state index in [1.807, 2.05) is 6.07 Å². The smallest absolute Gasteiger partial charge is 0.110 e. The number of likely N-dealkylation sites (tertiary alicyclic amines) is 1. The molecule has 1 unspecified atom stereocenters. The van der Waals surface area contributed by atoms with Gasteiger partial charge in [0.2, 0.25) is 0 Å². The largest absolute Gasteiger partial charge is 0.378 e. The van der Waals surface area contributed by atoms with E-state index in [0.29, 0.717) is 0 Å². The maximum absolute atomic E-state index is 10.4. The van der Waals surface area contributed by atoms with Crippen molar-refractivity contribution in [1.29, 1.82) is 0 Å². The molecule has 3 nitrogen and oxygen atoms in total. The Hall–Kier alpha value is -0.900. The van der Waals surface area contributed by atoms with Gasteiger partial charge in [-0.1, -0.05) is 57.5 Å². The zero-order valence-corrected chi connectivity index (χ0v) is 13.7. The van der Waals surface area contributed by atoms with Gasteiger partial charge in [-0.25, -0.2) is 0 Å². The molecule has 1 aromatic carbocycles. The van der Waals surface area contributed by atoms with Gasteiger partial charge in [0, 0.05) is 18.0 Å². The molecule has 1 aliphatic rings. The van der Waals surface area contributed by atoms with E-state index in [2.05, 4.69) is 55.3 Å². The van der Waals surface area contributed by atoms with Crippen LogP contribution in [0.5, 0.6) is 0 Å². The van der Waals surface area contributed by atoms with Gasteiger partial charge in [-0.3, -0.25) is 5.32 Å². The molecule has 1 aliphatic heterocycles. The lowest BCUT2D eigenvalue weighted by atomic mass is 9.93. The van der Waals surface area contributed by atoms with Gasteiger partial charge in [0.1, 0.15) is 6.23 Å². The topological polar surface area (TPSA) is 35.5 Å². The quantitative estimate of drug-likeness (QED) is 0.818. The molecule has 1 fully saturated rings. The summed E-state index contributed by atoms with van der Waals surface area (Å²) < 4.78 is 0. The van der Waals surface area contributed by atoms with Crippen molar-refractivity contribution in [1.82, 2.24) is 10.2 Å². The Morgan fingerprint density at radius 2 is 1.71 bits per heavy atom. The van der Waals surface area contributed by atoms with Crippen LogP contribution in [0.4, 0.5) is 0 Å². The van der Waals surface area contributed by atoms with Crippen molar-refractivity contribution in [3.63, 3.8) is 0 Å². The third kappa shape index (κ3) is 5.10. The zero-order chi connectivity index (χ0) is 15.3. The number of benzene rings is 1. The molecule has 1 heterocycles. The van der Waals surface area contributed by atoms with Crippen LogP contribution in [0.15, 0.2) is 30.3 Å². The molecule has 1 saturated heterocycles. The number of hydrogen-bond acceptors (Lipinski definition) is 3. The third-order valence-corrected chi connectivity index (χ3v) is 4.27. The van der Waals surface area contributed by atoms with E-state index in [1.54, 1.807) is 0 Å². The molecular formula is C18H30N2O. The summed E-state index contributed by atoms with van der Waals surface area (Å²) in [5.41, 5.74) is 1.10. The molecule has 0 saturated carbocycles. The number of rotatable bonds is 5. The molecule has 118 valence electrons. The molecule has 0 spiro atoms. The van der Waals surface area contributed by atoms with Gasteiger partial charge in [-0.15, -0.1) is 0 Å². The maximum atomic E-state index is 10.4. The standard InChI is InChI=1S/C18H30N2O/c1-18(2,3)17(21)19-16(15-10-6-4-7-11-15)14-20-12-8-5-9-13-20/h4,6-7,10-11,16-17,19,21H,5,8-9,12-14H2,1-3H3/t16-,17?/m0/s1. The molecule has 0 bridgehead atoms. The maximum Gasteiger partial charge on any atom is 0.110 e. The van der Waals surface area contributed by atoms with Crippen molar-refractivity contribution in [2.45, 2.75) is 52.3 Å².